The number of fused-ring (bicyclic) bond motifs is 1. The van der Waals surface area contributed by atoms with Gasteiger partial charge >= 0.3 is 0 Å². The summed E-state index contributed by atoms with van der Waals surface area (Å²) >= 11 is 0. The summed E-state index contributed by atoms with van der Waals surface area (Å²) in [4.78, 5) is 14.3. The molecule has 36 heavy (non-hydrogen) atoms. The molecule has 1 saturated carbocycles. The predicted molar refractivity (Wildman–Crippen MR) is 142 cm³/mol. The van der Waals surface area contributed by atoms with Crippen molar-refractivity contribution in [3.8, 4) is 28.3 Å². The van der Waals surface area contributed by atoms with Crippen molar-refractivity contribution in [2.24, 2.45) is 0 Å². The van der Waals surface area contributed by atoms with Gasteiger partial charge in [-0.3, -0.25) is 4.98 Å². The molecule has 0 spiro atoms. The van der Waals surface area contributed by atoms with Gasteiger partial charge in [0.2, 0.25) is 0 Å². The standard InChI is InChI=1S/C31H28N4O/c32-31(17-5-18-31)25-12-10-24(11-13-25)28-29(23-6-2-1-3-7-23)35-30-26(34-28)8-4-9-27(30)36-21-16-22-14-19-33-20-15-22/h1-4,6-15,19-20H,5,16-18,21,32H2/p+1. The fourth-order valence-corrected chi connectivity index (χ4v) is 4.87. The first kappa shape index (κ1) is 22.4. The van der Waals surface area contributed by atoms with E-state index in [1.54, 1.807) is 0 Å². The van der Waals surface area contributed by atoms with Gasteiger partial charge < -0.3 is 10.5 Å². The molecule has 6 rings (SSSR count). The number of pyridine rings is 1. The molecule has 1 aliphatic carbocycles. The van der Waals surface area contributed by atoms with E-state index in [1.165, 1.54) is 17.5 Å². The van der Waals surface area contributed by atoms with Gasteiger partial charge in [0, 0.05) is 48.3 Å². The quantitative estimate of drug-likeness (QED) is 0.334. The topological polar surface area (TPSA) is 75.5 Å². The van der Waals surface area contributed by atoms with Crippen molar-refractivity contribution >= 4 is 11.0 Å². The van der Waals surface area contributed by atoms with Gasteiger partial charge in [0.25, 0.3) is 0 Å². The van der Waals surface area contributed by atoms with Gasteiger partial charge in [0.15, 0.2) is 0 Å². The monoisotopic (exact) mass is 473 g/mol. The van der Waals surface area contributed by atoms with E-state index in [-0.39, 0.29) is 5.54 Å². The van der Waals surface area contributed by atoms with Gasteiger partial charge in [-0.1, -0.05) is 60.7 Å². The molecular formula is C31H29N4O+. The highest BCUT2D eigenvalue weighted by Crippen LogP contribution is 2.38. The van der Waals surface area contributed by atoms with Crippen LogP contribution < -0.4 is 10.5 Å². The maximum atomic E-state index is 6.20. The molecule has 0 unspecified atom stereocenters. The van der Waals surface area contributed by atoms with Gasteiger partial charge in [-0.25, -0.2) is 9.97 Å². The third-order valence-electron chi connectivity index (χ3n) is 7.18. The van der Waals surface area contributed by atoms with E-state index in [0.29, 0.717) is 6.61 Å². The molecular weight excluding hydrogens is 444 g/mol. The molecule has 5 heteroatoms. The summed E-state index contributed by atoms with van der Waals surface area (Å²) < 4.78 is 6.20. The number of para-hydroxylation sites is 1. The van der Waals surface area contributed by atoms with Crippen molar-refractivity contribution < 1.29 is 10.5 Å². The molecule has 3 N–H and O–H groups in total. The number of hydrogen-bond acceptors (Lipinski definition) is 4. The maximum absolute atomic E-state index is 6.20. The van der Waals surface area contributed by atoms with Crippen molar-refractivity contribution in [3.63, 3.8) is 0 Å². The van der Waals surface area contributed by atoms with E-state index in [1.807, 2.05) is 60.9 Å². The number of aromatic nitrogens is 3. The summed E-state index contributed by atoms with van der Waals surface area (Å²) in [6.45, 7) is 0.557. The average molecular weight is 474 g/mol. The molecule has 178 valence electrons. The minimum absolute atomic E-state index is 0.0678. The van der Waals surface area contributed by atoms with Crippen molar-refractivity contribution in [1.82, 2.24) is 15.0 Å². The van der Waals surface area contributed by atoms with Gasteiger partial charge in [0.1, 0.15) is 16.8 Å². The Morgan fingerprint density at radius 3 is 2.19 bits per heavy atom. The lowest BCUT2D eigenvalue weighted by Crippen LogP contribution is -2.73. The molecule has 1 fully saturated rings. The zero-order valence-electron chi connectivity index (χ0n) is 20.2. The Bertz CT molecular complexity index is 1480. The van der Waals surface area contributed by atoms with Gasteiger partial charge in [-0.05, 0) is 36.2 Å². The largest absolute Gasteiger partial charge is 0.491 e. The van der Waals surface area contributed by atoms with E-state index in [4.69, 9.17) is 14.7 Å². The van der Waals surface area contributed by atoms with Crippen LogP contribution in [-0.4, -0.2) is 21.6 Å². The fourth-order valence-electron chi connectivity index (χ4n) is 4.87. The second-order valence-electron chi connectivity index (χ2n) is 9.58. The van der Waals surface area contributed by atoms with E-state index >= 15 is 0 Å². The van der Waals surface area contributed by atoms with E-state index in [0.717, 1.165) is 58.6 Å². The number of quaternary nitrogens is 1. The molecule has 2 heterocycles. The van der Waals surface area contributed by atoms with Crippen LogP contribution >= 0.6 is 0 Å². The lowest BCUT2D eigenvalue weighted by Gasteiger charge is -2.34. The minimum atomic E-state index is 0.0678. The first-order valence-electron chi connectivity index (χ1n) is 12.5. The summed E-state index contributed by atoms with van der Waals surface area (Å²) in [7, 11) is 0. The second kappa shape index (κ2) is 9.51. The van der Waals surface area contributed by atoms with Crippen LogP contribution in [0.15, 0.2) is 97.3 Å². The number of hydrogen-bond donors (Lipinski definition) is 1. The van der Waals surface area contributed by atoms with Gasteiger partial charge in [0.05, 0.1) is 23.5 Å². The third kappa shape index (κ3) is 4.34. The number of nitrogens with zero attached hydrogens (tertiary/aromatic N) is 3. The highest BCUT2D eigenvalue weighted by Gasteiger charge is 2.38. The molecule has 5 aromatic rings. The SMILES string of the molecule is [NH3+]C1(c2ccc(-c3nc4cccc(OCCc5ccncc5)c4nc3-c3ccccc3)cc2)CCC1. The van der Waals surface area contributed by atoms with Crippen molar-refractivity contribution in [1.29, 1.82) is 0 Å². The Morgan fingerprint density at radius 1 is 0.750 bits per heavy atom. The number of ether oxygens (including phenoxy) is 1. The van der Waals surface area contributed by atoms with Crippen molar-refractivity contribution in [2.45, 2.75) is 31.2 Å². The smallest absolute Gasteiger partial charge is 0.147 e. The van der Waals surface area contributed by atoms with Crippen LogP contribution in [0.5, 0.6) is 5.75 Å². The summed E-state index contributed by atoms with van der Waals surface area (Å²) in [5, 5.41) is 0. The van der Waals surface area contributed by atoms with Crippen LogP contribution in [0.4, 0.5) is 0 Å². The van der Waals surface area contributed by atoms with E-state index < -0.39 is 0 Å². The summed E-state index contributed by atoms with van der Waals surface area (Å²) in [5.41, 5.74) is 12.4. The maximum Gasteiger partial charge on any atom is 0.147 e. The van der Waals surface area contributed by atoms with Crippen LogP contribution in [0.1, 0.15) is 30.4 Å². The predicted octanol–water partition coefficient (Wildman–Crippen LogP) is 5.60. The first-order chi connectivity index (χ1) is 17.7. The molecule has 0 aliphatic heterocycles. The van der Waals surface area contributed by atoms with Crippen LogP contribution in [-0.2, 0) is 12.0 Å². The Kier molecular flexibility index (Phi) is 5.91. The molecule has 0 saturated heterocycles. The minimum Gasteiger partial charge on any atom is -0.491 e. The zero-order valence-corrected chi connectivity index (χ0v) is 20.2. The van der Waals surface area contributed by atoms with E-state index in [2.05, 4.69) is 47.1 Å². The molecule has 3 aromatic carbocycles. The lowest BCUT2D eigenvalue weighted by atomic mass is 9.72. The Balaban J connectivity index is 1.39. The Hall–Kier alpha value is -4.09. The fraction of sp³-hybridized carbons (Fsp3) is 0.194. The molecule has 2 aromatic heterocycles. The lowest BCUT2D eigenvalue weighted by molar-refractivity contribution is -0.509. The summed E-state index contributed by atoms with van der Waals surface area (Å²) in [6, 6.07) is 29.0. The summed E-state index contributed by atoms with van der Waals surface area (Å²) in [6.07, 6.45) is 7.98. The molecule has 0 bridgehead atoms. The molecule has 0 amide bonds. The zero-order chi connectivity index (χ0) is 24.4. The number of rotatable bonds is 7. The Morgan fingerprint density at radius 2 is 1.47 bits per heavy atom. The normalized spacial score (nSPS) is 14.4. The molecule has 5 nitrogen and oxygen atoms in total. The van der Waals surface area contributed by atoms with Crippen molar-refractivity contribution in [2.75, 3.05) is 6.61 Å². The van der Waals surface area contributed by atoms with Crippen molar-refractivity contribution in [3.05, 3.63) is 108 Å². The highest BCUT2D eigenvalue weighted by molar-refractivity contribution is 5.89. The first-order valence-corrected chi connectivity index (χ1v) is 12.5. The summed E-state index contributed by atoms with van der Waals surface area (Å²) in [5.74, 6) is 0.747. The average Bonchev–Trinajstić information content (AvgIpc) is 2.92. The number of benzene rings is 3. The highest BCUT2D eigenvalue weighted by atomic mass is 16.5. The second-order valence-corrected chi connectivity index (χ2v) is 9.58. The molecule has 0 radical (unpaired) electrons. The van der Waals surface area contributed by atoms with Crippen LogP contribution in [0.2, 0.25) is 0 Å². The third-order valence-corrected chi connectivity index (χ3v) is 7.18. The van der Waals surface area contributed by atoms with Gasteiger partial charge in [-0.2, -0.15) is 0 Å². The van der Waals surface area contributed by atoms with Gasteiger partial charge in [-0.15, -0.1) is 0 Å². The molecule has 0 atom stereocenters. The van der Waals surface area contributed by atoms with Crippen LogP contribution in [0, 0.1) is 0 Å². The van der Waals surface area contributed by atoms with Crippen LogP contribution in [0.3, 0.4) is 0 Å². The van der Waals surface area contributed by atoms with Crippen LogP contribution in [0.25, 0.3) is 33.5 Å². The Labute approximate surface area is 211 Å². The van der Waals surface area contributed by atoms with E-state index in [9.17, 15) is 0 Å². The molecule has 1 aliphatic rings.